The summed E-state index contributed by atoms with van der Waals surface area (Å²) >= 11 is 0. The quantitative estimate of drug-likeness (QED) is 0.876. The fourth-order valence-electron chi connectivity index (χ4n) is 2.59. The first-order chi connectivity index (χ1) is 10.1. The highest BCUT2D eigenvalue weighted by molar-refractivity contribution is 5.95. The van der Waals surface area contributed by atoms with Crippen molar-refractivity contribution < 1.29 is 9.90 Å². The molecule has 0 bridgehead atoms. The lowest BCUT2D eigenvalue weighted by molar-refractivity contribution is 0.0474. The summed E-state index contributed by atoms with van der Waals surface area (Å²) in [5.74, 6) is 0.679. The maximum atomic E-state index is 12.5. The van der Waals surface area contributed by atoms with Gasteiger partial charge >= 0.3 is 0 Å². The maximum Gasteiger partial charge on any atom is 0.254 e. The van der Waals surface area contributed by atoms with Gasteiger partial charge in [0.2, 0.25) is 0 Å². The van der Waals surface area contributed by atoms with Crippen LogP contribution in [0.4, 0.5) is 5.69 Å². The second-order valence-electron chi connectivity index (χ2n) is 6.24. The zero-order valence-electron chi connectivity index (χ0n) is 13.0. The Morgan fingerprint density at radius 2 is 2.29 bits per heavy atom. The molecule has 1 saturated heterocycles. The summed E-state index contributed by atoms with van der Waals surface area (Å²) in [4.78, 5) is 14.2. The second-order valence-corrected chi connectivity index (χ2v) is 6.24. The van der Waals surface area contributed by atoms with Crippen molar-refractivity contribution in [3.8, 4) is 0 Å². The lowest BCUT2D eigenvalue weighted by atomic mass is 10.1. The van der Waals surface area contributed by atoms with Gasteiger partial charge in [0.25, 0.3) is 5.91 Å². The minimum Gasteiger partial charge on any atom is -0.391 e. The molecule has 2 rings (SSSR count). The Labute approximate surface area is 127 Å². The molecule has 0 aromatic heterocycles. The van der Waals surface area contributed by atoms with Crippen LogP contribution >= 0.6 is 0 Å². The number of likely N-dealkylation sites (tertiary alicyclic amines) is 1. The Balaban J connectivity index is 1.97. The largest absolute Gasteiger partial charge is 0.391 e. The van der Waals surface area contributed by atoms with Gasteiger partial charge in [0.1, 0.15) is 0 Å². The summed E-state index contributed by atoms with van der Waals surface area (Å²) < 4.78 is 0. The maximum absolute atomic E-state index is 12.5. The molecule has 21 heavy (non-hydrogen) atoms. The first-order valence-corrected chi connectivity index (χ1v) is 7.87. The smallest absolute Gasteiger partial charge is 0.254 e. The molecular formula is C17H26N2O2. The van der Waals surface area contributed by atoms with Gasteiger partial charge in [0, 0.05) is 30.9 Å². The molecule has 4 heteroatoms. The van der Waals surface area contributed by atoms with Gasteiger partial charge in [-0.1, -0.05) is 19.9 Å². The van der Waals surface area contributed by atoms with E-state index in [0.29, 0.717) is 18.0 Å². The minimum atomic E-state index is -0.380. The van der Waals surface area contributed by atoms with Gasteiger partial charge < -0.3 is 15.3 Å². The average molecular weight is 290 g/mol. The topological polar surface area (TPSA) is 52.6 Å². The van der Waals surface area contributed by atoms with E-state index in [2.05, 4.69) is 19.2 Å². The van der Waals surface area contributed by atoms with Crippen molar-refractivity contribution in [1.82, 2.24) is 4.90 Å². The van der Waals surface area contributed by atoms with Crippen LogP contribution in [0, 0.1) is 5.92 Å². The molecule has 1 heterocycles. The van der Waals surface area contributed by atoms with Crippen LogP contribution in [-0.2, 0) is 0 Å². The van der Waals surface area contributed by atoms with Gasteiger partial charge in [-0.05, 0) is 43.4 Å². The van der Waals surface area contributed by atoms with Crippen molar-refractivity contribution in [2.75, 3.05) is 25.0 Å². The lowest BCUT2D eigenvalue weighted by Crippen LogP contribution is -2.42. The molecule has 1 aromatic rings. The van der Waals surface area contributed by atoms with Gasteiger partial charge in [-0.15, -0.1) is 0 Å². The highest BCUT2D eigenvalue weighted by Crippen LogP contribution is 2.17. The second kappa shape index (κ2) is 7.46. The number of β-amino-alcohol motifs (C(OH)–C–C–N with tert-alkyl or cyclic N) is 1. The highest BCUT2D eigenvalue weighted by atomic mass is 16.3. The number of amides is 1. The number of carbonyl (C=O) groups excluding carboxylic acids is 1. The van der Waals surface area contributed by atoms with Crippen molar-refractivity contribution in [3.63, 3.8) is 0 Å². The zero-order valence-corrected chi connectivity index (χ0v) is 13.0. The monoisotopic (exact) mass is 290 g/mol. The fourth-order valence-corrected chi connectivity index (χ4v) is 2.59. The van der Waals surface area contributed by atoms with Crippen molar-refractivity contribution in [1.29, 1.82) is 0 Å². The van der Waals surface area contributed by atoms with E-state index in [0.717, 1.165) is 38.0 Å². The van der Waals surface area contributed by atoms with E-state index in [1.54, 1.807) is 4.90 Å². The standard InChI is InChI=1S/C17H26N2O2/c1-13(2)8-9-18-15-6-3-5-14(11-15)17(21)19-10-4-7-16(20)12-19/h3,5-6,11,13,16,18,20H,4,7-10,12H2,1-2H3. The number of nitrogens with one attached hydrogen (secondary N) is 1. The normalized spacial score (nSPS) is 18.9. The summed E-state index contributed by atoms with van der Waals surface area (Å²) in [6.45, 7) is 6.50. The molecule has 0 radical (unpaired) electrons. The van der Waals surface area contributed by atoms with E-state index in [-0.39, 0.29) is 12.0 Å². The molecule has 116 valence electrons. The fraction of sp³-hybridized carbons (Fsp3) is 0.588. The van der Waals surface area contributed by atoms with E-state index in [1.165, 1.54) is 0 Å². The van der Waals surface area contributed by atoms with Crippen LogP contribution in [0.2, 0.25) is 0 Å². The third kappa shape index (κ3) is 4.74. The molecular weight excluding hydrogens is 264 g/mol. The number of benzene rings is 1. The van der Waals surface area contributed by atoms with Crippen LogP contribution in [0.5, 0.6) is 0 Å². The Hall–Kier alpha value is -1.55. The van der Waals surface area contributed by atoms with Crippen molar-refractivity contribution in [2.45, 2.75) is 39.2 Å². The summed E-state index contributed by atoms with van der Waals surface area (Å²) in [5.41, 5.74) is 1.68. The predicted molar refractivity (Wildman–Crippen MR) is 85.5 cm³/mol. The Kier molecular flexibility index (Phi) is 5.62. The van der Waals surface area contributed by atoms with Gasteiger partial charge in [-0.3, -0.25) is 4.79 Å². The lowest BCUT2D eigenvalue weighted by Gasteiger charge is -2.30. The summed E-state index contributed by atoms with van der Waals surface area (Å²) in [6.07, 6.45) is 2.39. The van der Waals surface area contributed by atoms with E-state index in [9.17, 15) is 9.90 Å². The SMILES string of the molecule is CC(C)CCNc1cccc(C(=O)N2CCCC(O)C2)c1. The van der Waals surface area contributed by atoms with Gasteiger partial charge in [0.05, 0.1) is 6.10 Å². The van der Waals surface area contributed by atoms with E-state index in [1.807, 2.05) is 24.3 Å². The van der Waals surface area contributed by atoms with Crippen LogP contribution in [0.3, 0.4) is 0 Å². The van der Waals surface area contributed by atoms with Gasteiger partial charge in [-0.25, -0.2) is 0 Å². The third-order valence-electron chi connectivity index (χ3n) is 3.84. The molecule has 1 aliphatic heterocycles. The molecule has 1 aromatic carbocycles. The van der Waals surface area contributed by atoms with Crippen LogP contribution in [0.1, 0.15) is 43.5 Å². The summed E-state index contributed by atoms with van der Waals surface area (Å²) in [7, 11) is 0. The Morgan fingerprint density at radius 3 is 3.00 bits per heavy atom. The predicted octanol–water partition coefficient (Wildman–Crippen LogP) is 2.74. The number of carbonyl (C=O) groups is 1. The minimum absolute atomic E-state index is 0.0151. The number of hydrogen-bond acceptors (Lipinski definition) is 3. The molecule has 0 aliphatic carbocycles. The third-order valence-corrected chi connectivity index (χ3v) is 3.84. The zero-order chi connectivity index (χ0) is 15.2. The number of hydrogen-bond donors (Lipinski definition) is 2. The van der Waals surface area contributed by atoms with Crippen molar-refractivity contribution in [2.24, 2.45) is 5.92 Å². The van der Waals surface area contributed by atoms with Gasteiger partial charge in [0.15, 0.2) is 0 Å². The number of piperidine rings is 1. The molecule has 0 saturated carbocycles. The first-order valence-electron chi connectivity index (χ1n) is 7.87. The highest BCUT2D eigenvalue weighted by Gasteiger charge is 2.23. The van der Waals surface area contributed by atoms with Gasteiger partial charge in [-0.2, -0.15) is 0 Å². The number of aliphatic hydroxyl groups excluding tert-OH is 1. The van der Waals surface area contributed by atoms with Crippen molar-refractivity contribution >= 4 is 11.6 Å². The number of nitrogens with zero attached hydrogens (tertiary/aromatic N) is 1. The molecule has 4 nitrogen and oxygen atoms in total. The molecule has 2 N–H and O–H groups in total. The molecule has 1 unspecified atom stereocenters. The van der Waals surface area contributed by atoms with Crippen LogP contribution in [-0.4, -0.2) is 41.7 Å². The number of rotatable bonds is 5. The Morgan fingerprint density at radius 1 is 1.48 bits per heavy atom. The summed E-state index contributed by atoms with van der Waals surface area (Å²) in [5, 5.41) is 13.1. The molecule has 1 fully saturated rings. The molecule has 0 spiro atoms. The Bertz CT molecular complexity index is 474. The first kappa shape index (κ1) is 15.8. The van der Waals surface area contributed by atoms with Crippen LogP contribution in [0.15, 0.2) is 24.3 Å². The number of aliphatic hydroxyl groups is 1. The van der Waals surface area contributed by atoms with E-state index >= 15 is 0 Å². The molecule has 1 atom stereocenters. The van der Waals surface area contributed by atoms with E-state index in [4.69, 9.17) is 0 Å². The number of anilines is 1. The summed E-state index contributed by atoms with van der Waals surface area (Å²) in [6, 6.07) is 7.65. The average Bonchev–Trinajstić information content (AvgIpc) is 2.46. The van der Waals surface area contributed by atoms with Crippen LogP contribution < -0.4 is 5.32 Å². The van der Waals surface area contributed by atoms with E-state index < -0.39 is 0 Å². The van der Waals surface area contributed by atoms with Crippen LogP contribution in [0.25, 0.3) is 0 Å². The molecule has 1 aliphatic rings. The van der Waals surface area contributed by atoms with Crippen molar-refractivity contribution in [3.05, 3.63) is 29.8 Å². The molecule has 1 amide bonds.